The fourth-order valence-corrected chi connectivity index (χ4v) is 4.23. The SMILES string of the molecule is CCC(=O)N1CCCC(C(=O)N(C)Cc2ccc(Br)s2)C1. The van der Waals surface area contributed by atoms with Gasteiger partial charge in [0, 0.05) is 31.4 Å². The van der Waals surface area contributed by atoms with Crippen LogP contribution < -0.4 is 0 Å². The molecular weight excluding hydrogens is 352 g/mol. The minimum absolute atomic E-state index is 0.0531. The van der Waals surface area contributed by atoms with Crippen molar-refractivity contribution >= 4 is 39.1 Å². The molecule has 0 aliphatic carbocycles. The monoisotopic (exact) mass is 372 g/mol. The summed E-state index contributed by atoms with van der Waals surface area (Å²) in [5.74, 6) is 0.244. The zero-order valence-electron chi connectivity index (χ0n) is 12.5. The minimum Gasteiger partial charge on any atom is -0.342 e. The number of carbonyl (C=O) groups is 2. The van der Waals surface area contributed by atoms with Crippen LogP contribution in [-0.2, 0) is 16.1 Å². The van der Waals surface area contributed by atoms with Gasteiger partial charge < -0.3 is 9.80 Å². The molecule has 0 radical (unpaired) electrons. The summed E-state index contributed by atoms with van der Waals surface area (Å²) in [6.45, 7) is 3.86. The van der Waals surface area contributed by atoms with Crippen LogP contribution in [0.15, 0.2) is 15.9 Å². The van der Waals surface area contributed by atoms with Crippen molar-refractivity contribution in [2.24, 2.45) is 5.92 Å². The van der Waals surface area contributed by atoms with Gasteiger partial charge in [-0.05, 0) is 40.9 Å². The fraction of sp³-hybridized carbons (Fsp3) is 0.600. The van der Waals surface area contributed by atoms with Crippen LogP contribution in [0, 0.1) is 5.92 Å². The molecule has 6 heteroatoms. The van der Waals surface area contributed by atoms with E-state index in [4.69, 9.17) is 0 Å². The highest BCUT2D eigenvalue weighted by atomic mass is 79.9. The van der Waals surface area contributed by atoms with Crippen molar-refractivity contribution in [3.05, 3.63) is 20.8 Å². The normalized spacial score (nSPS) is 18.6. The summed E-state index contributed by atoms with van der Waals surface area (Å²) in [5, 5.41) is 0. The first-order valence-electron chi connectivity index (χ1n) is 7.28. The molecule has 0 saturated carbocycles. The summed E-state index contributed by atoms with van der Waals surface area (Å²) in [4.78, 5) is 29.1. The first kappa shape index (κ1) is 16.5. The third-order valence-corrected chi connectivity index (χ3v) is 5.43. The lowest BCUT2D eigenvalue weighted by atomic mass is 9.96. The number of rotatable bonds is 4. The Hall–Kier alpha value is -0.880. The van der Waals surface area contributed by atoms with E-state index in [1.54, 1.807) is 16.2 Å². The van der Waals surface area contributed by atoms with E-state index < -0.39 is 0 Å². The van der Waals surface area contributed by atoms with Crippen LogP contribution in [0.4, 0.5) is 0 Å². The van der Waals surface area contributed by atoms with E-state index in [2.05, 4.69) is 15.9 Å². The predicted molar refractivity (Wildman–Crippen MR) is 88.1 cm³/mol. The van der Waals surface area contributed by atoms with Crippen LogP contribution in [0.1, 0.15) is 31.1 Å². The van der Waals surface area contributed by atoms with Gasteiger partial charge in [0.25, 0.3) is 0 Å². The molecular formula is C15H21BrN2O2S. The number of hydrogen-bond donors (Lipinski definition) is 0. The van der Waals surface area contributed by atoms with E-state index >= 15 is 0 Å². The summed E-state index contributed by atoms with van der Waals surface area (Å²) in [7, 11) is 1.84. The van der Waals surface area contributed by atoms with E-state index in [1.807, 2.05) is 31.0 Å². The lowest BCUT2D eigenvalue weighted by Gasteiger charge is -2.33. The van der Waals surface area contributed by atoms with Crippen LogP contribution in [0.2, 0.25) is 0 Å². The van der Waals surface area contributed by atoms with Crippen molar-refractivity contribution in [1.29, 1.82) is 0 Å². The molecule has 1 aromatic rings. The molecule has 1 fully saturated rings. The molecule has 2 heterocycles. The lowest BCUT2D eigenvalue weighted by molar-refractivity contribution is -0.140. The minimum atomic E-state index is -0.0531. The largest absolute Gasteiger partial charge is 0.342 e. The molecule has 1 aromatic heterocycles. The first-order chi connectivity index (χ1) is 10.0. The van der Waals surface area contributed by atoms with Crippen LogP contribution in [0.5, 0.6) is 0 Å². The van der Waals surface area contributed by atoms with Gasteiger partial charge in [-0.1, -0.05) is 6.92 Å². The summed E-state index contributed by atoms with van der Waals surface area (Å²) < 4.78 is 1.08. The van der Waals surface area contributed by atoms with Crippen LogP contribution in [0.3, 0.4) is 0 Å². The quantitative estimate of drug-likeness (QED) is 0.814. The Kier molecular flexibility index (Phi) is 5.81. The Labute approximate surface area is 138 Å². The maximum Gasteiger partial charge on any atom is 0.227 e. The Morgan fingerprint density at radius 3 is 2.86 bits per heavy atom. The molecule has 1 unspecified atom stereocenters. The van der Waals surface area contributed by atoms with Crippen molar-refractivity contribution in [3.8, 4) is 0 Å². The standard InChI is InChI=1S/C15H21BrN2O2S/c1-3-14(19)18-8-4-5-11(9-18)15(20)17(2)10-12-6-7-13(16)21-12/h6-7,11H,3-5,8-10H2,1-2H3. The Bertz CT molecular complexity index is 518. The number of piperidine rings is 1. The summed E-state index contributed by atoms with van der Waals surface area (Å²) in [6, 6.07) is 4.03. The summed E-state index contributed by atoms with van der Waals surface area (Å²) >= 11 is 5.09. The van der Waals surface area contributed by atoms with E-state index in [0.717, 1.165) is 28.0 Å². The summed E-state index contributed by atoms with van der Waals surface area (Å²) in [5.41, 5.74) is 0. The fourth-order valence-electron chi connectivity index (χ4n) is 2.69. The van der Waals surface area contributed by atoms with Gasteiger partial charge in [0.2, 0.25) is 11.8 Å². The highest BCUT2D eigenvalue weighted by Crippen LogP contribution is 2.24. The molecule has 1 aliphatic rings. The molecule has 1 atom stereocenters. The second kappa shape index (κ2) is 7.40. The van der Waals surface area contributed by atoms with E-state index in [9.17, 15) is 9.59 Å². The van der Waals surface area contributed by atoms with E-state index in [-0.39, 0.29) is 17.7 Å². The predicted octanol–water partition coefficient (Wildman–Crippen LogP) is 3.12. The number of hydrogen-bond acceptors (Lipinski definition) is 3. The molecule has 116 valence electrons. The average Bonchev–Trinajstić information content (AvgIpc) is 2.90. The van der Waals surface area contributed by atoms with Crippen LogP contribution >= 0.6 is 27.3 Å². The second-order valence-corrected chi connectivity index (χ2v) is 7.98. The van der Waals surface area contributed by atoms with Gasteiger partial charge in [-0.2, -0.15) is 0 Å². The third kappa shape index (κ3) is 4.30. The molecule has 1 aliphatic heterocycles. The molecule has 1 saturated heterocycles. The third-order valence-electron chi connectivity index (χ3n) is 3.82. The number of carbonyl (C=O) groups excluding carboxylic acids is 2. The zero-order chi connectivity index (χ0) is 15.4. The lowest BCUT2D eigenvalue weighted by Crippen LogP contribution is -2.45. The van der Waals surface area contributed by atoms with Gasteiger partial charge in [-0.3, -0.25) is 9.59 Å². The molecule has 4 nitrogen and oxygen atoms in total. The highest BCUT2D eigenvalue weighted by molar-refractivity contribution is 9.11. The van der Waals surface area contributed by atoms with Crippen molar-refractivity contribution < 1.29 is 9.59 Å². The molecule has 0 spiro atoms. The average molecular weight is 373 g/mol. The van der Waals surface area contributed by atoms with Crippen molar-refractivity contribution in [2.75, 3.05) is 20.1 Å². The Morgan fingerprint density at radius 1 is 1.48 bits per heavy atom. The zero-order valence-corrected chi connectivity index (χ0v) is 14.9. The van der Waals surface area contributed by atoms with Gasteiger partial charge in [-0.25, -0.2) is 0 Å². The van der Waals surface area contributed by atoms with E-state index in [1.165, 1.54) is 0 Å². The summed E-state index contributed by atoms with van der Waals surface area (Å²) in [6.07, 6.45) is 2.31. The number of nitrogens with zero attached hydrogens (tertiary/aromatic N) is 2. The number of thiophene rings is 1. The first-order valence-corrected chi connectivity index (χ1v) is 8.89. The van der Waals surface area contributed by atoms with Crippen molar-refractivity contribution in [2.45, 2.75) is 32.7 Å². The molecule has 2 rings (SSSR count). The molecule has 0 N–H and O–H groups in total. The molecule has 21 heavy (non-hydrogen) atoms. The van der Waals surface area contributed by atoms with Gasteiger partial charge in [0.1, 0.15) is 0 Å². The van der Waals surface area contributed by atoms with Crippen molar-refractivity contribution in [3.63, 3.8) is 0 Å². The van der Waals surface area contributed by atoms with Crippen LogP contribution in [-0.4, -0.2) is 41.8 Å². The van der Waals surface area contributed by atoms with Gasteiger partial charge in [0.05, 0.1) is 16.2 Å². The topological polar surface area (TPSA) is 40.6 Å². The number of likely N-dealkylation sites (tertiary alicyclic amines) is 1. The Morgan fingerprint density at radius 2 is 2.24 bits per heavy atom. The molecule has 0 aromatic carbocycles. The second-order valence-electron chi connectivity index (χ2n) is 5.43. The van der Waals surface area contributed by atoms with Crippen LogP contribution in [0.25, 0.3) is 0 Å². The smallest absolute Gasteiger partial charge is 0.227 e. The van der Waals surface area contributed by atoms with Gasteiger partial charge in [-0.15, -0.1) is 11.3 Å². The van der Waals surface area contributed by atoms with Gasteiger partial charge in [0.15, 0.2) is 0 Å². The maximum absolute atomic E-state index is 12.5. The van der Waals surface area contributed by atoms with Crippen molar-refractivity contribution in [1.82, 2.24) is 9.80 Å². The van der Waals surface area contributed by atoms with E-state index in [0.29, 0.717) is 19.5 Å². The van der Waals surface area contributed by atoms with Gasteiger partial charge >= 0.3 is 0 Å². The molecule has 0 bridgehead atoms. The maximum atomic E-state index is 12.5. The molecule has 2 amide bonds. The number of halogens is 1. The Balaban J connectivity index is 1.93. The highest BCUT2D eigenvalue weighted by Gasteiger charge is 2.29. The number of amides is 2.